The van der Waals surface area contributed by atoms with Gasteiger partial charge in [0.25, 0.3) is 0 Å². The van der Waals surface area contributed by atoms with Gasteiger partial charge in [0.2, 0.25) is 0 Å². The van der Waals surface area contributed by atoms with Crippen molar-refractivity contribution in [3.8, 4) is 11.1 Å². The van der Waals surface area contributed by atoms with Crippen LogP contribution < -0.4 is 5.32 Å². The van der Waals surface area contributed by atoms with Crippen molar-refractivity contribution in [2.75, 3.05) is 0 Å². The number of nitrogens with zero attached hydrogens (tertiary/aromatic N) is 1. The molecule has 3 heterocycles. The summed E-state index contributed by atoms with van der Waals surface area (Å²) in [5.74, 6) is 0. The molecule has 3 nitrogen and oxygen atoms in total. The fourth-order valence-electron chi connectivity index (χ4n) is 5.01. The number of H-pyrrole nitrogens is 1. The van der Waals surface area contributed by atoms with Gasteiger partial charge in [0.1, 0.15) is 5.54 Å². The molecule has 1 aromatic heterocycles. The molecule has 3 heteroatoms. The van der Waals surface area contributed by atoms with Crippen LogP contribution in [0, 0.1) is 0 Å². The predicted molar refractivity (Wildman–Crippen MR) is 120 cm³/mol. The highest BCUT2D eigenvalue weighted by Crippen LogP contribution is 2.45. The van der Waals surface area contributed by atoms with Gasteiger partial charge in [-0.2, -0.15) is 0 Å². The maximum atomic E-state index is 4.85. The number of nitrogens with one attached hydrogen (secondary N) is 2. The minimum Gasteiger partial charge on any atom is -0.356 e. The van der Waals surface area contributed by atoms with Gasteiger partial charge in [-0.15, -0.1) is 0 Å². The summed E-state index contributed by atoms with van der Waals surface area (Å²) in [6, 6.07) is 26.3. The average molecular weight is 377 g/mol. The molecule has 2 aliphatic rings. The molecule has 29 heavy (non-hydrogen) atoms. The number of aromatic amines is 1. The third-order valence-electron chi connectivity index (χ3n) is 6.44. The normalized spacial score (nSPS) is 22.6. The Kier molecular flexibility index (Phi) is 3.56. The molecule has 0 amide bonds. The molecule has 1 spiro atoms. The summed E-state index contributed by atoms with van der Waals surface area (Å²) in [7, 11) is 0. The smallest absolute Gasteiger partial charge is 0.123 e. The van der Waals surface area contributed by atoms with Gasteiger partial charge in [-0.05, 0) is 54.7 Å². The lowest BCUT2D eigenvalue weighted by Gasteiger charge is -2.31. The Bertz CT molecular complexity index is 1250. The van der Waals surface area contributed by atoms with E-state index in [-0.39, 0.29) is 0 Å². The molecule has 0 bridgehead atoms. The molecule has 0 radical (unpaired) electrons. The quantitative estimate of drug-likeness (QED) is 0.438. The van der Waals surface area contributed by atoms with Crippen LogP contribution in [0.5, 0.6) is 0 Å². The molecule has 0 aliphatic carbocycles. The third-order valence-corrected chi connectivity index (χ3v) is 6.44. The average Bonchev–Trinajstić information content (AvgIpc) is 3.27. The van der Waals surface area contributed by atoms with E-state index < -0.39 is 5.54 Å². The van der Waals surface area contributed by atoms with E-state index in [9.17, 15) is 0 Å². The second kappa shape index (κ2) is 6.16. The van der Waals surface area contributed by atoms with E-state index in [1.54, 1.807) is 0 Å². The maximum absolute atomic E-state index is 4.85. The van der Waals surface area contributed by atoms with E-state index in [1.807, 2.05) is 0 Å². The van der Waals surface area contributed by atoms with Gasteiger partial charge in [0, 0.05) is 34.4 Å². The highest BCUT2D eigenvalue weighted by atomic mass is 15.1. The van der Waals surface area contributed by atoms with Crippen molar-refractivity contribution in [3.63, 3.8) is 0 Å². The Morgan fingerprint density at radius 1 is 0.931 bits per heavy atom. The van der Waals surface area contributed by atoms with Crippen molar-refractivity contribution in [1.82, 2.24) is 10.3 Å². The van der Waals surface area contributed by atoms with Crippen LogP contribution in [-0.4, -0.2) is 17.2 Å². The summed E-state index contributed by atoms with van der Waals surface area (Å²) in [5.41, 5.74) is 8.20. The molecule has 2 unspecified atom stereocenters. The molecule has 0 fully saturated rings. The SMILES string of the molecule is CC1CCc2c([nH]c3ccccc23)C2(C=Nc3ccc(-c4ccccc4)cc32)N1. The summed E-state index contributed by atoms with van der Waals surface area (Å²) < 4.78 is 0. The van der Waals surface area contributed by atoms with Crippen molar-refractivity contribution in [2.45, 2.75) is 31.3 Å². The maximum Gasteiger partial charge on any atom is 0.123 e. The number of aromatic nitrogens is 1. The second-order valence-corrected chi connectivity index (χ2v) is 8.27. The fraction of sp³-hybridized carbons (Fsp3) is 0.192. The molecule has 3 aromatic carbocycles. The minimum absolute atomic E-state index is 0.396. The third kappa shape index (κ3) is 2.44. The Hall–Kier alpha value is -3.17. The molecule has 0 saturated heterocycles. The van der Waals surface area contributed by atoms with E-state index in [1.165, 1.54) is 38.9 Å². The number of fused-ring (bicyclic) bond motifs is 6. The second-order valence-electron chi connectivity index (χ2n) is 8.27. The summed E-state index contributed by atoms with van der Waals surface area (Å²) in [6.45, 7) is 2.28. The molecule has 2 N–H and O–H groups in total. The van der Waals surface area contributed by atoms with Crippen LogP contribution in [0.2, 0.25) is 0 Å². The first-order valence-corrected chi connectivity index (χ1v) is 10.4. The van der Waals surface area contributed by atoms with Crippen molar-refractivity contribution >= 4 is 22.8 Å². The Labute approximate surface area is 170 Å². The number of para-hydroxylation sites is 1. The van der Waals surface area contributed by atoms with Gasteiger partial charge in [-0.1, -0.05) is 54.6 Å². The van der Waals surface area contributed by atoms with E-state index in [2.05, 4.69) is 96.2 Å². The van der Waals surface area contributed by atoms with Crippen LogP contribution in [0.25, 0.3) is 22.0 Å². The van der Waals surface area contributed by atoms with Gasteiger partial charge >= 0.3 is 0 Å². The van der Waals surface area contributed by atoms with Crippen molar-refractivity contribution < 1.29 is 0 Å². The zero-order valence-corrected chi connectivity index (χ0v) is 16.4. The predicted octanol–water partition coefficient (Wildman–Crippen LogP) is 5.72. The molecular weight excluding hydrogens is 354 g/mol. The zero-order chi connectivity index (χ0) is 19.4. The first kappa shape index (κ1) is 16.8. The van der Waals surface area contributed by atoms with Crippen molar-refractivity contribution in [1.29, 1.82) is 0 Å². The molecule has 6 rings (SSSR count). The number of aryl methyl sites for hydroxylation is 1. The number of hydrogen-bond donors (Lipinski definition) is 2. The number of rotatable bonds is 1. The fourth-order valence-corrected chi connectivity index (χ4v) is 5.01. The van der Waals surface area contributed by atoms with E-state index >= 15 is 0 Å². The molecule has 2 aliphatic heterocycles. The topological polar surface area (TPSA) is 40.2 Å². The Morgan fingerprint density at radius 3 is 2.66 bits per heavy atom. The van der Waals surface area contributed by atoms with Crippen molar-refractivity contribution in [3.05, 3.63) is 89.6 Å². The van der Waals surface area contributed by atoms with E-state index in [0.717, 1.165) is 18.5 Å². The van der Waals surface area contributed by atoms with Gasteiger partial charge in [0.15, 0.2) is 0 Å². The summed E-state index contributed by atoms with van der Waals surface area (Å²) in [4.78, 5) is 8.60. The van der Waals surface area contributed by atoms with Gasteiger partial charge in [-0.25, -0.2) is 0 Å². The first-order chi connectivity index (χ1) is 14.2. The standard InChI is InChI=1S/C26H23N3/c1-17-11-13-21-20-9-5-6-10-23(20)28-25(21)26(29-17)16-27-24-14-12-19(15-22(24)26)18-7-3-2-4-8-18/h2-10,12,14-17,28-29H,11,13H2,1H3. The Morgan fingerprint density at radius 2 is 1.76 bits per heavy atom. The van der Waals surface area contributed by atoms with Crippen LogP contribution in [0.1, 0.15) is 30.2 Å². The zero-order valence-electron chi connectivity index (χ0n) is 16.4. The number of hydrogen-bond acceptors (Lipinski definition) is 2. The molecule has 4 aromatic rings. The number of benzene rings is 3. The monoisotopic (exact) mass is 377 g/mol. The lowest BCUT2D eigenvalue weighted by atomic mass is 9.84. The first-order valence-electron chi connectivity index (χ1n) is 10.4. The molecule has 142 valence electrons. The van der Waals surface area contributed by atoms with Crippen LogP contribution in [-0.2, 0) is 12.0 Å². The lowest BCUT2D eigenvalue weighted by Crippen LogP contribution is -2.47. The largest absolute Gasteiger partial charge is 0.356 e. The lowest BCUT2D eigenvalue weighted by molar-refractivity contribution is 0.445. The molecule has 0 saturated carbocycles. The van der Waals surface area contributed by atoms with Gasteiger partial charge in [-0.3, -0.25) is 10.3 Å². The molecular formula is C26H23N3. The van der Waals surface area contributed by atoms with Crippen LogP contribution in [0.4, 0.5) is 5.69 Å². The van der Waals surface area contributed by atoms with Crippen LogP contribution in [0.15, 0.2) is 77.8 Å². The van der Waals surface area contributed by atoms with Crippen molar-refractivity contribution in [2.24, 2.45) is 4.99 Å². The highest BCUT2D eigenvalue weighted by Gasteiger charge is 2.43. The minimum atomic E-state index is -0.412. The van der Waals surface area contributed by atoms with Crippen LogP contribution in [0.3, 0.4) is 0 Å². The summed E-state index contributed by atoms with van der Waals surface area (Å²) >= 11 is 0. The molecule has 2 atom stereocenters. The number of aliphatic imine (C=N–C) groups is 1. The highest BCUT2D eigenvalue weighted by molar-refractivity contribution is 5.94. The van der Waals surface area contributed by atoms with Crippen LogP contribution >= 0.6 is 0 Å². The summed E-state index contributed by atoms with van der Waals surface area (Å²) in [6.07, 6.45) is 4.29. The van der Waals surface area contributed by atoms with E-state index in [4.69, 9.17) is 4.99 Å². The van der Waals surface area contributed by atoms with Gasteiger partial charge in [0.05, 0.1) is 5.69 Å². The Balaban J connectivity index is 1.61. The van der Waals surface area contributed by atoms with Gasteiger partial charge < -0.3 is 4.98 Å². The van der Waals surface area contributed by atoms with E-state index in [0.29, 0.717) is 6.04 Å². The summed E-state index contributed by atoms with van der Waals surface area (Å²) in [5, 5.41) is 5.26.